The van der Waals surface area contributed by atoms with Crippen LogP contribution in [0.2, 0.25) is 5.02 Å². The summed E-state index contributed by atoms with van der Waals surface area (Å²) in [7, 11) is 0. The number of rotatable bonds is 1. The average Bonchev–Trinajstić information content (AvgIpc) is 3.02. The number of benzene rings is 1. The number of amides is 1. The Morgan fingerprint density at radius 1 is 1.33 bits per heavy atom. The van der Waals surface area contributed by atoms with Crippen LogP contribution in [0.3, 0.4) is 0 Å². The van der Waals surface area contributed by atoms with Crippen LogP contribution in [0.1, 0.15) is 5.56 Å². The van der Waals surface area contributed by atoms with E-state index in [-0.39, 0.29) is 22.4 Å². The molecule has 1 N–H and O–H groups in total. The van der Waals surface area contributed by atoms with Crippen LogP contribution < -0.4 is 5.43 Å². The van der Waals surface area contributed by atoms with Crippen molar-refractivity contribution in [2.45, 2.75) is 0 Å². The van der Waals surface area contributed by atoms with Gasteiger partial charge in [-0.1, -0.05) is 23.4 Å². The molecule has 3 heterocycles. The number of amidine groups is 2. The van der Waals surface area contributed by atoms with Gasteiger partial charge in [0.25, 0.3) is 5.91 Å². The van der Waals surface area contributed by atoms with E-state index < -0.39 is 5.91 Å². The summed E-state index contributed by atoms with van der Waals surface area (Å²) in [4.78, 5) is 30.1. The van der Waals surface area contributed by atoms with Crippen molar-refractivity contribution in [3.8, 4) is 0 Å². The van der Waals surface area contributed by atoms with Crippen molar-refractivity contribution in [3.63, 3.8) is 0 Å². The lowest BCUT2D eigenvalue weighted by Crippen LogP contribution is -2.35. The van der Waals surface area contributed by atoms with Crippen molar-refractivity contribution in [3.05, 3.63) is 62.5 Å². The van der Waals surface area contributed by atoms with E-state index in [0.29, 0.717) is 21.2 Å². The minimum Gasteiger partial charge on any atom is -0.463 e. The van der Waals surface area contributed by atoms with Crippen molar-refractivity contribution in [2.24, 2.45) is 4.99 Å². The highest BCUT2D eigenvalue weighted by atomic mass is 35.5. The summed E-state index contributed by atoms with van der Waals surface area (Å²) in [6.45, 7) is 0. The van der Waals surface area contributed by atoms with Gasteiger partial charge in [-0.2, -0.15) is 4.99 Å². The van der Waals surface area contributed by atoms with Gasteiger partial charge in [-0.25, -0.2) is 0 Å². The number of carbonyl (C=O) groups excluding carboxylic acids is 1. The SMILES string of the molecule is N=C1C(=Cc2coc3ccc(Cl)cc3c2=O)C(=O)N=C2SC=CN12. The van der Waals surface area contributed by atoms with Gasteiger partial charge >= 0.3 is 0 Å². The molecule has 0 spiro atoms. The largest absolute Gasteiger partial charge is 0.463 e. The molecule has 0 radical (unpaired) electrons. The van der Waals surface area contributed by atoms with Gasteiger partial charge in [-0.15, -0.1) is 0 Å². The highest BCUT2D eigenvalue weighted by molar-refractivity contribution is 8.16. The fourth-order valence-electron chi connectivity index (χ4n) is 2.40. The first-order valence-corrected chi connectivity index (χ1v) is 8.07. The van der Waals surface area contributed by atoms with Crippen LogP contribution in [-0.4, -0.2) is 21.8 Å². The Morgan fingerprint density at radius 3 is 3.00 bits per heavy atom. The van der Waals surface area contributed by atoms with E-state index in [4.69, 9.17) is 21.4 Å². The van der Waals surface area contributed by atoms with E-state index in [0.717, 1.165) is 0 Å². The second-order valence-corrected chi connectivity index (χ2v) is 6.35. The predicted molar refractivity (Wildman–Crippen MR) is 94.2 cm³/mol. The molecule has 0 saturated heterocycles. The smallest absolute Gasteiger partial charge is 0.283 e. The molecule has 0 aliphatic carbocycles. The number of nitrogens with one attached hydrogen (secondary N) is 1. The van der Waals surface area contributed by atoms with Crippen LogP contribution in [0, 0.1) is 5.41 Å². The molecule has 1 amide bonds. The van der Waals surface area contributed by atoms with Gasteiger partial charge in [0.1, 0.15) is 17.7 Å². The first kappa shape index (κ1) is 14.9. The quantitative estimate of drug-likeness (QED) is 0.792. The zero-order chi connectivity index (χ0) is 16.8. The fourth-order valence-corrected chi connectivity index (χ4v) is 3.28. The summed E-state index contributed by atoms with van der Waals surface area (Å²) in [5.41, 5.74) is 0.260. The summed E-state index contributed by atoms with van der Waals surface area (Å²) in [5.74, 6) is -0.593. The molecule has 2 aliphatic heterocycles. The zero-order valence-corrected chi connectivity index (χ0v) is 13.5. The van der Waals surface area contributed by atoms with Crippen molar-refractivity contribution in [1.82, 2.24) is 4.90 Å². The lowest BCUT2D eigenvalue weighted by atomic mass is 10.1. The van der Waals surface area contributed by atoms with Gasteiger partial charge in [0.2, 0.25) is 0 Å². The zero-order valence-electron chi connectivity index (χ0n) is 11.9. The number of hydrogen-bond donors (Lipinski definition) is 1. The van der Waals surface area contributed by atoms with Gasteiger partial charge in [0, 0.05) is 11.2 Å². The third-order valence-electron chi connectivity index (χ3n) is 3.57. The van der Waals surface area contributed by atoms with Gasteiger partial charge in [0.05, 0.1) is 16.5 Å². The molecule has 0 unspecified atom stereocenters. The van der Waals surface area contributed by atoms with E-state index in [1.165, 1.54) is 35.1 Å². The van der Waals surface area contributed by atoms with E-state index >= 15 is 0 Å². The maximum atomic E-state index is 12.6. The Balaban J connectivity index is 1.87. The lowest BCUT2D eigenvalue weighted by molar-refractivity contribution is -0.114. The van der Waals surface area contributed by atoms with Crippen LogP contribution in [0.25, 0.3) is 17.0 Å². The normalized spacial score (nSPS) is 18.5. The first-order chi connectivity index (χ1) is 11.5. The molecular weight excluding hydrogens is 350 g/mol. The monoisotopic (exact) mass is 357 g/mol. The minimum atomic E-state index is -0.562. The van der Waals surface area contributed by atoms with Gasteiger partial charge in [-0.3, -0.25) is 19.9 Å². The Morgan fingerprint density at radius 2 is 2.17 bits per heavy atom. The number of nitrogens with zero attached hydrogens (tertiary/aromatic N) is 2. The molecule has 118 valence electrons. The van der Waals surface area contributed by atoms with Crippen molar-refractivity contribution < 1.29 is 9.21 Å². The highest BCUT2D eigenvalue weighted by Crippen LogP contribution is 2.27. The van der Waals surface area contributed by atoms with Crippen molar-refractivity contribution >= 4 is 57.3 Å². The van der Waals surface area contributed by atoms with Crippen LogP contribution in [0.4, 0.5) is 0 Å². The van der Waals surface area contributed by atoms with E-state index in [1.54, 1.807) is 23.7 Å². The average molecular weight is 358 g/mol. The molecule has 24 heavy (non-hydrogen) atoms. The van der Waals surface area contributed by atoms with Crippen LogP contribution in [0.15, 0.2) is 55.8 Å². The summed E-state index contributed by atoms with van der Waals surface area (Å²) in [6.07, 6.45) is 4.24. The van der Waals surface area contributed by atoms with E-state index in [1.807, 2.05) is 0 Å². The standard InChI is InChI=1S/C16H8ClN3O3S/c17-9-1-2-12-10(6-9)13(21)8(7-23-12)5-11-14(18)20-3-4-24-16(20)19-15(11)22/h1-7,18H. The van der Waals surface area contributed by atoms with Crippen molar-refractivity contribution in [2.75, 3.05) is 0 Å². The fraction of sp³-hybridized carbons (Fsp3) is 0. The molecule has 0 atom stereocenters. The van der Waals surface area contributed by atoms with E-state index in [2.05, 4.69) is 4.99 Å². The summed E-state index contributed by atoms with van der Waals surface area (Å²) >= 11 is 7.18. The van der Waals surface area contributed by atoms with Crippen LogP contribution in [-0.2, 0) is 4.79 Å². The van der Waals surface area contributed by atoms with Gasteiger partial charge in [0.15, 0.2) is 10.6 Å². The third kappa shape index (κ3) is 2.29. The molecule has 2 aliphatic rings. The molecule has 0 fully saturated rings. The Bertz CT molecular complexity index is 1070. The molecule has 0 bridgehead atoms. The molecule has 2 aromatic rings. The van der Waals surface area contributed by atoms with Gasteiger partial charge in [-0.05, 0) is 29.7 Å². The molecule has 1 aromatic heterocycles. The molecule has 8 heteroatoms. The van der Waals surface area contributed by atoms with Crippen molar-refractivity contribution in [1.29, 1.82) is 5.41 Å². The summed E-state index contributed by atoms with van der Waals surface area (Å²) < 4.78 is 5.42. The molecule has 1 aromatic carbocycles. The Labute approximate surface area is 144 Å². The molecule has 4 rings (SSSR count). The maximum Gasteiger partial charge on any atom is 0.283 e. The number of hydrogen-bond acceptors (Lipinski definition) is 5. The Kier molecular flexibility index (Phi) is 3.40. The topological polar surface area (TPSA) is 86.7 Å². The minimum absolute atomic E-state index is 0.0274. The predicted octanol–water partition coefficient (Wildman–Crippen LogP) is 3.22. The number of carbonyl (C=O) groups is 1. The lowest BCUT2D eigenvalue weighted by Gasteiger charge is -2.22. The highest BCUT2D eigenvalue weighted by Gasteiger charge is 2.31. The third-order valence-corrected chi connectivity index (χ3v) is 4.57. The van der Waals surface area contributed by atoms with Crippen LogP contribution >= 0.6 is 23.4 Å². The second-order valence-electron chi connectivity index (χ2n) is 5.04. The number of halogens is 1. The Hall–Kier alpha value is -2.64. The van der Waals surface area contributed by atoms with E-state index in [9.17, 15) is 9.59 Å². The summed E-state index contributed by atoms with van der Waals surface area (Å²) in [5, 5.41) is 11.0. The summed E-state index contributed by atoms with van der Waals surface area (Å²) in [6, 6.07) is 4.74. The first-order valence-electron chi connectivity index (χ1n) is 6.82. The molecular formula is C16H8ClN3O3S. The van der Waals surface area contributed by atoms with Crippen LogP contribution in [0.5, 0.6) is 0 Å². The number of thioether (sulfide) groups is 1. The number of fused-ring (bicyclic) bond motifs is 2. The molecule has 0 saturated carbocycles. The van der Waals surface area contributed by atoms with Gasteiger partial charge < -0.3 is 4.42 Å². The molecule has 6 nitrogen and oxygen atoms in total. The second kappa shape index (κ2) is 5.47. The number of aliphatic imine (C=N–C) groups is 1. The maximum absolute atomic E-state index is 12.6.